The molecule has 148 valence electrons. The van der Waals surface area contributed by atoms with Crippen molar-refractivity contribution in [3.8, 4) is 17.2 Å². The highest BCUT2D eigenvalue weighted by molar-refractivity contribution is 5.79. The number of rotatable bonds is 6. The summed E-state index contributed by atoms with van der Waals surface area (Å²) in [5.74, 6) is 0.0537. The predicted octanol–water partition coefficient (Wildman–Crippen LogP) is 4.90. The predicted molar refractivity (Wildman–Crippen MR) is 116 cm³/mol. The summed E-state index contributed by atoms with van der Waals surface area (Å²) >= 11 is 0. The number of benzene rings is 2. The van der Waals surface area contributed by atoms with Crippen LogP contribution in [0.4, 0.5) is 4.79 Å². The van der Waals surface area contributed by atoms with Crippen molar-refractivity contribution in [1.29, 1.82) is 5.26 Å². The SMILES string of the molecule is N#Cc1ncccc1C=CCCNC(=O)OCC1c2ccccc2-c2ccccc21. The summed E-state index contributed by atoms with van der Waals surface area (Å²) in [6.45, 7) is 0.756. The van der Waals surface area contributed by atoms with Gasteiger partial charge in [0.25, 0.3) is 0 Å². The number of fused-ring (bicyclic) bond motifs is 3. The second-order valence-electron chi connectivity index (χ2n) is 7.00. The fourth-order valence-corrected chi connectivity index (χ4v) is 3.76. The highest BCUT2D eigenvalue weighted by atomic mass is 16.5. The summed E-state index contributed by atoms with van der Waals surface area (Å²) < 4.78 is 5.51. The van der Waals surface area contributed by atoms with Gasteiger partial charge in [-0.2, -0.15) is 5.26 Å². The first kappa shape index (κ1) is 19.4. The number of nitrogens with zero attached hydrogens (tertiary/aromatic N) is 2. The smallest absolute Gasteiger partial charge is 0.407 e. The van der Waals surface area contributed by atoms with Crippen LogP contribution in [0, 0.1) is 11.3 Å². The fourth-order valence-electron chi connectivity index (χ4n) is 3.76. The number of hydrogen-bond acceptors (Lipinski definition) is 4. The molecule has 4 rings (SSSR count). The van der Waals surface area contributed by atoms with E-state index in [1.54, 1.807) is 12.3 Å². The number of pyridine rings is 1. The summed E-state index contributed by atoms with van der Waals surface area (Å²) in [6.07, 6.45) is 5.54. The molecule has 1 heterocycles. The highest BCUT2D eigenvalue weighted by Gasteiger charge is 2.28. The Morgan fingerprint density at radius 2 is 1.77 bits per heavy atom. The van der Waals surface area contributed by atoms with Crippen LogP contribution in [-0.4, -0.2) is 24.2 Å². The number of amides is 1. The van der Waals surface area contributed by atoms with Gasteiger partial charge in [0.15, 0.2) is 0 Å². The lowest BCUT2D eigenvalue weighted by molar-refractivity contribution is 0.143. The van der Waals surface area contributed by atoms with Crippen LogP contribution in [-0.2, 0) is 4.74 Å². The largest absolute Gasteiger partial charge is 0.449 e. The van der Waals surface area contributed by atoms with Crippen LogP contribution in [0.1, 0.15) is 34.7 Å². The normalized spacial score (nSPS) is 12.2. The molecule has 30 heavy (non-hydrogen) atoms. The number of carbonyl (C=O) groups is 1. The van der Waals surface area contributed by atoms with E-state index >= 15 is 0 Å². The summed E-state index contributed by atoms with van der Waals surface area (Å²) in [4.78, 5) is 16.2. The van der Waals surface area contributed by atoms with Gasteiger partial charge in [0.1, 0.15) is 18.4 Å². The van der Waals surface area contributed by atoms with Gasteiger partial charge in [-0.05, 0) is 34.7 Å². The highest BCUT2D eigenvalue weighted by Crippen LogP contribution is 2.44. The molecule has 3 aromatic rings. The fraction of sp³-hybridized carbons (Fsp3) is 0.160. The minimum absolute atomic E-state index is 0.0537. The molecule has 1 aliphatic rings. The Labute approximate surface area is 175 Å². The van der Waals surface area contributed by atoms with E-state index in [9.17, 15) is 4.79 Å². The van der Waals surface area contributed by atoms with Gasteiger partial charge in [-0.25, -0.2) is 9.78 Å². The van der Waals surface area contributed by atoms with Gasteiger partial charge in [0.2, 0.25) is 0 Å². The standard InChI is InChI=1S/C25H21N3O2/c26-16-24-18(9-7-15-27-24)8-5-6-14-28-25(29)30-17-23-21-12-3-1-10-19(21)20-11-2-4-13-22(20)23/h1-5,7-13,15,23H,6,14,17H2,(H,28,29). The minimum Gasteiger partial charge on any atom is -0.449 e. The molecule has 0 atom stereocenters. The van der Waals surface area contributed by atoms with Crippen molar-refractivity contribution in [3.05, 3.63) is 95.3 Å². The molecule has 0 spiro atoms. The first-order valence-electron chi connectivity index (χ1n) is 9.88. The Morgan fingerprint density at radius 1 is 1.07 bits per heavy atom. The first-order valence-corrected chi connectivity index (χ1v) is 9.88. The van der Waals surface area contributed by atoms with E-state index in [1.807, 2.05) is 42.5 Å². The molecule has 0 aliphatic heterocycles. The zero-order valence-electron chi connectivity index (χ0n) is 16.4. The molecule has 1 amide bonds. The van der Waals surface area contributed by atoms with Gasteiger partial charge >= 0.3 is 6.09 Å². The zero-order chi connectivity index (χ0) is 20.8. The summed E-state index contributed by atoms with van der Waals surface area (Å²) in [5, 5.41) is 11.8. The summed E-state index contributed by atoms with van der Waals surface area (Å²) in [5.41, 5.74) is 5.96. The lowest BCUT2D eigenvalue weighted by Gasteiger charge is -2.14. The monoisotopic (exact) mass is 395 g/mol. The number of alkyl carbamates (subject to hydrolysis) is 1. The third-order valence-electron chi connectivity index (χ3n) is 5.17. The number of nitriles is 1. The van der Waals surface area contributed by atoms with E-state index in [2.05, 4.69) is 40.6 Å². The first-order chi connectivity index (χ1) is 14.8. The molecule has 1 aromatic heterocycles. The lowest BCUT2D eigenvalue weighted by atomic mass is 9.98. The van der Waals surface area contributed by atoms with Crippen LogP contribution in [0.5, 0.6) is 0 Å². The molecular formula is C25H21N3O2. The molecule has 1 aliphatic carbocycles. The van der Waals surface area contributed by atoms with Gasteiger partial charge in [-0.3, -0.25) is 0 Å². The van der Waals surface area contributed by atoms with Crippen molar-refractivity contribution in [3.63, 3.8) is 0 Å². The van der Waals surface area contributed by atoms with Crippen LogP contribution >= 0.6 is 0 Å². The molecule has 0 bridgehead atoms. The number of nitrogens with one attached hydrogen (secondary N) is 1. The number of hydrogen-bond donors (Lipinski definition) is 1. The van der Waals surface area contributed by atoms with E-state index in [-0.39, 0.29) is 5.92 Å². The lowest BCUT2D eigenvalue weighted by Crippen LogP contribution is -2.26. The van der Waals surface area contributed by atoms with Gasteiger partial charge < -0.3 is 10.1 Å². The van der Waals surface area contributed by atoms with Gasteiger partial charge in [-0.1, -0.05) is 66.7 Å². The number of aromatic nitrogens is 1. The maximum absolute atomic E-state index is 12.1. The molecule has 0 unspecified atom stereocenters. The van der Waals surface area contributed by atoms with Crippen molar-refractivity contribution in [2.45, 2.75) is 12.3 Å². The second-order valence-corrected chi connectivity index (χ2v) is 7.00. The van der Waals surface area contributed by atoms with Crippen molar-refractivity contribution < 1.29 is 9.53 Å². The number of ether oxygens (including phenoxy) is 1. The molecule has 5 heteroatoms. The average molecular weight is 395 g/mol. The number of carbonyl (C=O) groups excluding carboxylic acids is 1. The van der Waals surface area contributed by atoms with Gasteiger partial charge in [-0.15, -0.1) is 0 Å². The average Bonchev–Trinajstić information content (AvgIpc) is 3.11. The molecule has 0 radical (unpaired) electrons. The van der Waals surface area contributed by atoms with Crippen molar-refractivity contribution >= 4 is 12.2 Å². The molecule has 2 aromatic carbocycles. The Balaban J connectivity index is 1.29. The molecule has 0 fully saturated rings. The van der Waals surface area contributed by atoms with Gasteiger partial charge in [0, 0.05) is 24.2 Å². The van der Waals surface area contributed by atoms with E-state index in [0.717, 1.165) is 5.56 Å². The summed E-state index contributed by atoms with van der Waals surface area (Å²) in [7, 11) is 0. The van der Waals surface area contributed by atoms with E-state index < -0.39 is 6.09 Å². The van der Waals surface area contributed by atoms with E-state index in [1.165, 1.54) is 22.3 Å². The van der Waals surface area contributed by atoms with Crippen LogP contribution in [0.2, 0.25) is 0 Å². The molecule has 0 saturated carbocycles. The molecule has 1 N–H and O–H groups in total. The van der Waals surface area contributed by atoms with Crippen molar-refractivity contribution in [2.75, 3.05) is 13.2 Å². The van der Waals surface area contributed by atoms with Crippen LogP contribution in [0.25, 0.3) is 17.2 Å². The third kappa shape index (κ3) is 4.08. The van der Waals surface area contributed by atoms with Crippen molar-refractivity contribution in [1.82, 2.24) is 10.3 Å². The van der Waals surface area contributed by atoms with Crippen LogP contribution in [0.15, 0.2) is 72.9 Å². The third-order valence-corrected chi connectivity index (χ3v) is 5.17. The molecular weight excluding hydrogens is 374 g/mol. The second kappa shape index (κ2) is 9.06. The van der Waals surface area contributed by atoms with E-state index in [0.29, 0.717) is 25.3 Å². The minimum atomic E-state index is -0.427. The van der Waals surface area contributed by atoms with E-state index in [4.69, 9.17) is 10.00 Å². The Kier molecular flexibility index (Phi) is 5.86. The topological polar surface area (TPSA) is 75.0 Å². The van der Waals surface area contributed by atoms with Gasteiger partial charge in [0.05, 0.1) is 0 Å². The maximum Gasteiger partial charge on any atom is 0.407 e. The molecule has 5 nitrogen and oxygen atoms in total. The zero-order valence-corrected chi connectivity index (χ0v) is 16.4. The summed E-state index contributed by atoms with van der Waals surface area (Å²) in [6, 6.07) is 22.2. The Hall–Kier alpha value is -3.91. The van der Waals surface area contributed by atoms with Crippen LogP contribution < -0.4 is 5.32 Å². The maximum atomic E-state index is 12.1. The quantitative estimate of drug-likeness (QED) is 0.603. The van der Waals surface area contributed by atoms with Crippen molar-refractivity contribution in [2.24, 2.45) is 0 Å². The Morgan fingerprint density at radius 3 is 2.47 bits per heavy atom. The Bertz CT molecular complexity index is 1090. The van der Waals surface area contributed by atoms with Crippen LogP contribution in [0.3, 0.4) is 0 Å². The molecule has 0 saturated heterocycles.